The van der Waals surface area contributed by atoms with Gasteiger partial charge in [-0.2, -0.15) is 0 Å². The quantitative estimate of drug-likeness (QED) is 0.370. The molecule has 4 nitrogen and oxygen atoms in total. The Hall–Kier alpha value is -2.23. The Labute approximate surface area is 193 Å². The lowest BCUT2D eigenvalue weighted by Crippen LogP contribution is -2.32. The van der Waals surface area contributed by atoms with E-state index in [4.69, 9.17) is 4.74 Å². The lowest BCUT2D eigenvalue weighted by molar-refractivity contribution is -0.126. The zero-order chi connectivity index (χ0) is 22.7. The molecule has 2 N–H and O–H groups in total. The number of carbonyl (C=O) groups is 1. The predicted molar refractivity (Wildman–Crippen MR) is 129 cm³/mol. The van der Waals surface area contributed by atoms with Crippen LogP contribution >= 0.6 is 0 Å². The molecule has 1 aromatic carbocycles. The summed E-state index contributed by atoms with van der Waals surface area (Å²) in [5.74, 6) is 2.41. The number of phenols is 1. The molecular formula is C28H39NO3. The Morgan fingerprint density at radius 1 is 1.22 bits per heavy atom. The summed E-state index contributed by atoms with van der Waals surface area (Å²) in [6.07, 6.45) is 14.0. The van der Waals surface area contributed by atoms with Crippen LogP contribution in [0.3, 0.4) is 0 Å². The van der Waals surface area contributed by atoms with Gasteiger partial charge in [0.05, 0.1) is 0 Å². The minimum atomic E-state index is 0.0949. The minimum absolute atomic E-state index is 0.0949. The molecule has 174 valence electrons. The third-order valence-corrected chi connectivity index (χ3v) is 7.70. The van der Waals surface area contributed by atoms with Crippen LogP contribution in [0, 0.1) is 11.8 Å². The van der Waals surface area contributed by atoms with Crippen molar-refractivity contribution in [2.75, 3.05) is 0 Å². The number of fused-ring (bicyclic) bond motifs is 3. The van der Waals surface area contributed by atoms with E-state index in [9.17, 15) is 9.90 Å². The van der Waals surface area contributed by atoms with Crippen LogP contribution in [-0.2, 0) is 17.8 Å². The largest absolute Gasteiger partial charge is 0.507 e. The topological polar surface area (TPSA) is 58.6 Å². The summed E-state index contributed by atoms with van der Waals surface area (Å²) in [5.41, 5.74) is 4.19. The fourth-order valence-corrected chi connectivity index (χ4v) is 5.76. The van der Waals surface area contributed by atoms with E-state index < -0.39 is 0 Å². The number of nitrogens with one attached hydrogen (secondary N) is 1. The second-order valence-corrected chi connectivity index (χ2v) is 10.0. The van der Waals surface area contributed by atoms with Crippen molar-refractivity contribution in [3.8, 4) is 11.5 Å². The fourth-order valence-electron chi connectivity index (χ4n) is 5.76. The molecule has 1 heterocycles. The number of phenolic OH excluding ortho intramolecular Hbond substituents is 1. The summed E-state index contributed by atoms with van der Waals surface area (Å²) in [7, 11) is 0. The molecule has 4 heteroatoms. The number of aromatic hydroxyl groups is 1. The van der Waals surface area contributed by atoms with Gasteiger partial charge in [0.15, 0.2) is 0 Å². The highest BCUT2D eigenvalue weighted by molar-refractivity contribution is 5.79. The zero-order valence-electron chi connectivity index (χ0n) is 19.8. The molecule has 1 aromatic rings. The predicted octanol–water partition coefficient (Wildman–Crippen LogP) is 6.67. The van der Waals surface area contributed by atoms with Crippen molar-refractivity contribution in [3.05, 3.63) is 46.7 Å². The monoisotopic (exact) mass is 437 g/mol. The van der Waals surface area contributed by atoms with Crippen LogP contribution < -0.4 is 10.1 Å². The summed E-state index contributed by atoms with van der Waals surface area (Å²) in [5, 5.41) is 14.7. The number of rotatable bonds is 7. The fraction of sp³-hybridized carbons (Fsp3) is 0.607. The van der Waals surface area contributed by atoms with E-state index >= 15 is 0 Å². The van der Waals surface area contributed by atoms with E-state index in [0.717, 1.165) is 92.4 Å². The van der Waals surface area contributed by atoms with Crippen molar-refractivity contribution in [2.24, 2.45) is 11.8 Å². The molecule has 3 aliphatic rings. The molecule has 4 rings (SSSR count). The van der Waals surface area contributed by atoms with E-state index in [-0.39, 0.29) is 23.7 Å². The Kier molecular flexibility index (Phi) is 7.27. The molecule has 32 heavy (non-hydrogen) atoms. The van der Waals surface area contributed by atoms with Crippen LogP contribution in [-0.4, -0.2) is 11.0 Å². The molecule has 2 unspecified atom stereocenters. The Morgan fingerprint density at radius 2 is 2.00 bits per heavy atom. The number of hydrogen-bond donors (Lipinski definition) is 2. The molecule has 1 aliphatic heterocycles. The molecule has 1 fully saturated rings. The maximum Gasteiger partial charge on any atom is 0.223 e. The number of hydrogen-bond acceptors (Lipinski definition) is 3. The van der Waals surface area contributed by atoms with Crippen molar-refractivity contribution >= 4 is 5.91 Å². The Morgan fingerprint density at radius 3 is 2.75 bits per heavy atom. The summed E-state index contributed by atoms with van der Waals surface area (Å²) < 4.78 is 6.17. The van der Waals surface area contributed by atoms with Crippen LogP contribution in [0.2, 0.25) is 0 Å². The Balaban J connectivity index is 1.65. The smallest absolute Gasteiger partial charge is 0.223 e. The first-order valence-electron chi connectivity index (χ1n) is 12.7. The zero-order valence-corrected chi connectivity index (χ0v) is 19.8. The molecule has 1 saturated carbocycles. The number of carbonyl (C=O) groups excluding carboxylic acids is 1. The first kappa shape index (κ1) is 22.9. The van der Waals surface area contributed by atoms with Gasteiger partial charge in [0.1, 0.15) is 17.3 Å². The number of allylic oxidation sites excluding steroid dienone is 3. The second kappa shape index (κ2) is 10.1. The number of aryl methyl sites for hydroxylation is 1. The first-order valence-corrected chi connectivity index (χ1v) is 12.7. The van der Waals surface area contributed by atoms with Gasteiger partial charge in [-0.25, -0.2) is 0 Å². The molecule has 0 saturated heterocycles. The van der Waals surface area contributed by atoms with Crippen LogP contribution in [0.15, 0.2) is 30.1 Å². The van der Waals surface area contributed by atoms with E-state index in [1.807, 2.05) is 0 Å². The average molecular weight is 438 g/mol. The molecule has 0 radical (unpaired) electrons. The van der Waals surface area contributed by atoms with Gasteiger partial charge in [-0.1, -0.05) is 57.3 Å². The SMILES string of the molecule is C=C1Oc2cc(CCCCC)c(CNC(=O)C3CCCCC3)c(O)c2C2C=C(C)CCC12. The maximum atomic E-state index is 12.8. The molecule has 1 amide bonds. The van der Waals surface area contributed by atoms with Crippen LogP contribution in [0.1, 0.15) is 101 Å². The third kappa shape index (κ3) is 4.74. The molecule has 2 aliphatic carbocycles. The summed E-state index contributed by atoms with van der Waals surface area (Å²) in [6.45, 7) is 8.94. The Bertz CT molecular complexity index is 894. The summed E-state index contributed by atoms with van der Waals surface area (Å²) in [4.78, 5) is 12.8. The number of unbranched alkanes of at least 4 members (excludes halogenated alkanes) is 2. The lowest BCUT2D eigenvalue weighted by atomic mass is 9.73. The number of benzene rings is 1. The lowest BCUT2D eigenvalue weighted by Gasteiger charge is -2.37. The highest BCUT2D eigenvalue weighted by Gasteiger charge is 2.38. The first-order chi connectivity index (χ1) is 15.5. The number of ether oxygens (including phenoxy) is 1. The van der Waals surface area contributed by atoms with Gasteiger partial charge in [-0.3, -0.25) is 4.79 Å². The summed E-state index contributed by atoms with van der Waals surface area (Å²) in [6, 6.07) is 2.10. The van der Waals surface area contributed by atoms with Gasteiger partial charge in [-0.15, -0.1) is 0 Å². The highest BCUT2D eigenvalue weighted by atomic mass is 16.5. The van der Waals surface area contributed by atoms with E-state index in [1.54, 1.807) is 0 Å². The van der Waals surface area contributed by atoms with Gasteiger partial charge in [0.25, 0.3) is 0 Å². The molecule has 0 bridgehead atoms. The van der Waals surface area contributed by atoms with Crippen molar-refractivity contribution in [1.82, 2.24) is 5.32 Å². The van der Waals surface area contributed by atoms with Crippen LogP contribution in [0.4, 0.5) is 0 Å². The summed E-state index contributed by atoms with van der Waals surface area (Å²) >= 11 is 0. The normalized spacial score (nSPS) is 23.1. The molecular weight excluding hydrogens is 398 g/mol. The van der Waals surface area contributed by atoms with Gasteiger partial charge in [0, 0.05) is 35.4 Å². The van der Waals surface area contributed by atoms with Gasteiger partial charge >= 0.3 is 0 Å². The maximum absolute atomic E-state index is 12.8. The van der Waals surface area contributed by atoms with Gasteiger partial charge in [0.2, 0.25) is 5.91 Å². The van der Waals surface area contributed by atoms with Crippen molar-refractivity contribution in [1.29, 1.82) is 0 Å². The van der Waals surface area contributed by atoms with Crippen LogP contribution in [0.5, 0.6) is 11.5 Å². The number of amides is 1. The van der Waals surface area contributed by atoms with Gasteiger partial charge < -0.3 is 15.2 Å². The van der Waals surface area contributed by atoms with Gasteiger partial charge in [-0.05, 0) is 57.1 Å². The molecule has 0 aromatic heterocycles. The van der Waals surface area contributed by atoms with Crippen LogP contribution in [0.25, 0.3) is 0 Å². The third-order valence-electron chi connectivity index (χ3n) is 7.70. The molecule has 2 atom stereocenters. The standard InChI is InChI=1S/C28H39NO3/c1-4-5-7-12-21-16-25-26(23-15-18(2)13-14-22(23)19(3)32-25)27(30)24(21)17-29-28(31)20-10-8-6-9-11-20/h15-16,20,22-23,30H,3-14,17H2,1-2H3,(H,29,31). The van der Waals surface area contributed by atoms with E-state index in [2.05, 4.69) is 37.9 Å². The minimum Gasteiger partial charge on any atom is -0.507 e. The highest BCUT2D eigenvalue weighted by Crippen LogP contribution is 2.52. The molecule has 0 spiro atoms. The van der Waals surface area contributed by atoms with Crippen molar-refractivity contribution < 1.29 is 14.6 Å². The van der Waals surface area contributed by atoms with E-state index in [1.165, 1.54) is 12.0 Å². The van der Waals surface area contributed by atoms with Crippen molar-refractivity contribution in [2.45, 2.75) is 96.9 Å². The second-order valence-electron chi connectivity index (χ2n) is 10.0. The van der Waals surface area contributed by atoms with E-state index in [0.29, 0.717) is 12.3 Å². The van der Waals surface area contributed by atoms with Crippen molar-refractivity contribution in [3.63, 3.8) is 0 Å². The average Bonchev–Trinajstić information content (AvgIpc) is 2.79.